The zero-order valence-electron chi connectivity index (χ0n) is 13.0. The van der Waals surface area contributed by atoms with Crippen LogP contribution < -0.4 is 10.6 Å². The Kier molecular flexibility index (Phi) is 5.70. The molecular weight excluding hydrogens is 264 g/mol. The largest absolute Gasteiger partial charge is 0.374 e. The molecule has 4 nitrogen and oxygen atoms in total. The first kappa shape index (κ1) is 17.0. The molecule has 0 spiro atoms. The monoisotopic (exact) mass is 288 g/mol. The lowest BCUT2D eigenvalue weighted by atomic mass is 9.86. The number of hydrogen-bond donors (Lipinski definition) is 2. The van der Waals surface area contributed by atoms with E-state index in [1.807, 2.05) is 12.2 Å². The zero-order valence-corrected chi connectivity index (χ0v) is 13.0. The van der Waals surface area contributed by atoms with Gasteiger partial charge in [-0.3, -0.25) is 14.9 Å². The second-order valence-corrected chi connectivity index (χ2v) is 6.06. The van der Waals surface area contributed by atoms with Crippen LogP contribution in [0.4, 0.5) is 0 Å². The van der Waals surface area contributed by atoms with E-state index in [0.29, 0.717) is 12.8 Å². The number of imide groups is 1. The molecule has 0 saturated carbocycles. The lowest BCUT2D eigenvalue weighted by Crippen LogP contribution is -2.50. The van der Waals surface area contributed by atoms with Crippen molar-refractivity contribution in [1.82, 2.24) is 10.6 Å². The number of rotatable bonds is 5. The number of piperidine rings is 1. The Bertz CT molecular complexity index is 507. The summed E-state index contributed by atoms with van der Waals surface area (Å²) >= 11 is 0. The second kappa shape index (κ2) is 7.07. The highest BCUT2D eigenvalue weighted by Crippen LogP contribution is 2.26. The highest BCUT2D eigenvalue weighted by atomic mass is 16.2. The van der Waals surface area contributed by atoms with Crippen LogP contribution in [0.5, 0.6) is 0 Å². The maximum atomic E-state index is 11.8. The van der Waals surface area contributed by atoms with Gasteiger partial charge in [0.15, 0.2) is 0 Å². The fourth-order valence-electron chi connectivity index (χ4n) is 2.05. The molecule has 0 aromatic rings. The Hall–Kier alpha value is -2.10. The molecular formula is C17H24N2O2. The van der Waals surface area contributed by atoms with E-state index in [9.17, 15) is 9.59 Å². The minimum atomic E-state index is -0.406. The van der Waals surface area contributed by atoms with Crippen LogP contribution in [0.3, 0.4) is 0 Å². The molecule has 1 atom stereocenters. The van der Waals surface area contributed by atoms with Gasteiger partial charge in [-0.25, -0.2) is 0 Å². The molecule has 1 saturated heterocycles. The van der Waals surface area contributed by atoms with Crippen molar-refractivity contribution in [3.8, 4) is 0 Å². The molecule has 2 amide bonds. The predicted octanol–water partition coefficient (Wildman–Crippen LogP) is 2.61. The summed E-state index contributed by atoms with van der Waals surface area (Å²) in [6.45, 7) is 13.8. The van der Waals surface area contributed by atoms with Crippen molar-refractivity contribution in [2.24, 2.45) is 5.41 Å². The van der Waals surface area contributed by atoms with Crippen LogP contribution in [-0.4, -0.2) is 17.9 Å². The van der Waals surface area contributed by atoms with Crippen LogP contribution in [0.2, 0.25) is 0 Å². The molecule has 0 aromatic heterocycles. The van der Waals surface area contributed by atoms with Crippen LogP contribution in [-0.2, 0) is 9.59 Å². The number of carbonyl (C=O) groups is 2. The molecule has 1 aliphatic rings. The summed E-state index contributed by atoms with van der Waals surface area (Å²) in [7, 11) is 0. The molecule has 21 heavy (non-hydrogen) atoms. The summed E-state index contributed by atoms with van der Waals surface area (Å²) in [6, 6.07) is -0.406. The minimum absolute atomic E-state index is 0.0471. The van der Waals surface area contributed by atoms with Gasteiger partial charge in [0.2, 0.25) is 11.8 Å². The molecule has 4 heteroatoms. The van der Waals surface area contributed by atoms with Crippen LogP contribution in [0.15, 0.2) is 48.7 Å². The lowest BCUT2D eigenvalue weighted by molar-refractivity contribution is -0.134. The number of amides is 2. The van der Waals surface area contributed by atoms with Gasteiger partial charge >= 0.3 is 0 Å². The molecule has 0 radical (unpaired) electrons. The van der Waals surface area contributed by atoms with Crippen LogP contribution in [0.1, 0.15) is 33.6 Å². The second-order valence-electron chi connectivity index (χ2n) is 6.06. The lowest BCUT2D eigenvalue weighted by Gasteiger charge is -2.25. The molecule has 0 aliphatic carbocycles. The number of allylic oxidation sites excluding steroid dienone is 5. The standard InChI is InChI=1S/C17H24N2O2/c1-6-8-13(11-12(7-2)17(3,4)5)18-14-9-10-15(20)19-16(14)21/h6-8,11,14,18H,1-2,9-10H2,3-5H3,(H,19,20,21)/b12-11+,13-8+. The van der Waals surface area contributed by atoms with E-state index in [4.69, 9.17) is 0 Å². The van der Waals surface area contributed by atoms with Gasteiger partial charge in [-0.05, 0) is 29.6 Å². The number of nitrogens with one attached hydrogen (secondary N) is 2. The third-order valence-corrected chi connectivity index (χ3v) is 3.27. The molecule has 1 unspecified atom stereocenters. The molecule has 1 aliphatic heterocycles. The van der Waals surface area contributed by atoms with Gasteiger partial charge in [0, 0.05) is 12.1 Å². The summed E-state index contributed by atoms with van der Waals surface area (Å²) < 4.78 is 0. The number of carbonyl (C=O) groups excluding carboxylic acids is 2. The van der Waals surface area contributed by atoms with Crippen molar-refractivity contribution in [1.29, 1.82) is 0 Å². The predicted molar refractivity (Wildman–Crippen MR) is 85.3 cm³/mol. The topological polar surface area (TPSA) is 58.2 Å². The molecule has 1 rings (SSSR count). The Balaban J connectivity index is 2.94. The normalized spacial score (nSPS) is 20.8. The van der Waals surface area contributed by atoms with Crippen molar-refractivity contribution in [2.75, 3.05) is 0 Å². The van der Waals surface area contributed by atoms with Crippen molar-refractivity contribution < 1.29 is 9.59 Å². The van der Waals surface area contributed by atoms with E-state index in [-0.39, 0.29) is 17.2 Å². The van der Waals surface area contributed by atoms with E-state index >= 15 is 0 Å². The van der Waals surface area contributed by atoms with Crippen LogP contribution >= 0.6 is 0 Å². The van der Waals surface area contributed by atoms with E-state index in [0.717, 1.165) is 11.3 Å². The zero-order chi connectivity index (χ0) is 16.0. The Morgan fingerprint density at radius 2 is 2.00 bits per heavy atom. The molecule has 114 valence electrons. The SMILES string of the molecule is C=C/C=C(\C=C(/C=C)C(C)(C)C)NC1CCC(=O)NC1=O. The first-order chi connectivity index (χ1) is 9.77. The van der Waals surface area contributed by atoms with Crippen LogP contribution in [0, 0.1) is 5.41 Å². The highest BCUT2D eigenvalue weighted by Gasteiger charge is 2.26. The summed E-state index contributed by atoms with van der Waals surface area (Å²) in [4.78, 5) is 23.0. The van der Waals surface area contributed by atoms with Gasteiger partial charge < -0.3 is 5.32 Å². The molecule has 1 fully saturated rings. The summed E-state index contributed by atoms with van der Waals surface area (Å²) in [6.07, 6.45) is 8.07. The third kappa shape index (κ3) is 5.06. The Morgan fingerprint density at radius 1 is 1.33 bits per heavy atom. The average molecular weight is 288 g/mol. The van der Waals surface area contributed by atoms with Crippen molar-refractivity contribution in [3.05, 3.63) is 48.7 Å². The fraction of sp³-hybridized carbons (Fsp3) is 0.412. The van der Waals surface area contributed by atoms with E-state index in [1.54, 1.807) is 12.2 Å². The number of hydrogen-bond acceptors (Lipinski definition) is 3. The first-order valence-corrected chi connectivity index (χ1v) is 7.05. The quantitative estimate of drug-likeness (QED) is 0.604. The van der Waals surface area contributed by atoms with Crippen molar-refractivity contribution in [2.45, 2.75) is 39.7 Å². The molecule has 1 heterocycles. The maximum Gasteiger partial charge on any atom is 0.249 e. The van der Waals surface area contributed by atoms with E-state index in [2.05, 4.69) is 44.6 Å². The van der Waals surface area contributed by atoms with Crippen LogP contribution in [0.25, 0.3) is 0 Å². The Morgan fingerprint density at radius 3 is 2.48 bits per heavy atom. The first-order valence-electron chi connectivity index (χ1n) is 7.05. The van der Waals surface area contributed by atoms with Gasteiger partial charge in [-0.2, -0.15) is 0 Å². The summed E-state index contributed by atoms with van der Waals surface area (Å²) in [5, 5.41) is 5.51. The fourth-order valence-corrected chi connectivity index (χ4v) is 2.05. The summed E-state index contributed by atoms with van der Waals surface area (Å²) in [5.74, 6) is -0.505. The molecule has 2 N–H and O–H groups in total. The van der Waals surface area contributed by atoms with Gasteiger partial charge in [0.1, 0.15) is 6.04 Å². The van der Waals surface area contributed by atoms with Crippen molar-refractivity contribution >= 4 is 11.8 Å². The average Bonchev–Trinajstić information content (AvgIpc) is 2.37. The van der Waals surface area contributed by atoms with Gasteiger partial charge in [0.25, 0.3) is 0 Å². The van der Waals surface area contributed by atoms with Gasteiger partial charge in [-0.1, -0.05) is 46.1 Å². The third-order valence-electron chi connectivity index (χ3n) is 3.27. The van der Waals surface area contributed by atoms with E-state index < -0.39 is 6.04 Å². The maximum absolute atomic E-state index is 11.8. The smallest absolute Gasteiger partial charge is 0.249 e. The Labute approximate surface area is 126 Å². The summed E-state index contributed by atoms with van der Waals surface area (Å²) in [5.41, 5.74) is 1.79. The highest BCUT2D eigenvalue weighted by molar-refractivity contribution is 6.00. The molecule has 0 bridgehead atoms. The van der Waals surface area contributed by atoms with Gasteiger partial charge in [-0.15, -0.1) is 0 Å². The van der Waals surface area contributed by atoms with E-state index in [1.165, 1.54) is 0 Å². The van der Waals surface area contributed by atoms with Crippen molar-refractivity contribution in [3.63, 3.8) is 0 Å². The van der Waals surface area contributed by atoms with Gasteiger partial charge in [0.05, 0.1) is 0 Å². The molecule has 0 aromatic carbocycles. The minimum Gasteiger partial charge on any atom is -0.374 e.